The number of amides is 2. The first-order chi connectivity index (χ1) is 19.0. The maximum atomic E-state index is 13.9. The minimum atomic E-state index is -0.686. The molecule has 40 heavy (non-hydrogen) atoms. The zero-order chi connectivity index (χ0) is 28.7. The number of aromatic nitrogens is 4. The van der Waals surface area contributed by atoms with Gasteiger partial charge in [-0.3, -0.25) is 14.4 Å². The minimum absolute atomic E-state index is 0.00837. The summed E-state index contributed by atoms with van der Waals surface area (Å²) in [5.74, 6) is -1.35. The summed E-state index contributed by atoms with van der Waals surface area (Å²) in [6.45, 7) is 4.73. The zero-order valence-electron chi connectivity index (χ0n) is 22.5. The van der Waals surface area contributed by atoms with Crippen LogP contribution in [0.3, 0.4) is 0 Å². The van der Waals surface area contributed by atoms with Gasteiger partial charge in [0.2, 0.25) is 17.4 Å². The van der Waals surface area contributed by atoms with Crippen molar-refractivity contribution in [3.63, 3.8) is 0 Å². The Balaban J connectivity index is 1.44. The lowest BCUT2D eigenvalue weighted by Crippen LogP contribution is -2.49. The van der Waals surface area contributed by atoms with Crippen LogP contribution in [0, 0.1) is 5.82 Å². The number of imidazole rings is 1. The van der Waals surface area contributed by atoms with Crippen molar-refractivity contribution in [3.05, 3.63) is 69.0 Å². The summed E-state index contributed by atoms with van der Waals surface area (Å²) in [4.78, 5) is 51.3. The summed E-state index contributed by atoms with van der Waals surface area (Å²) in [7, 11) is 3.19. The number of ether oxygens (including phenoxy) is 1. The minimum Gasteiger partial charge on any atom is -0.501 e. The average molecular weight is 569 g/mol. The van der Waals surface area contributed by atoms with Crippen molar-refractivity contribution in [2.75, 3.05) is 27.2 Å². The third kappa shape index (κ3) is 5.34. The van der Waals surface area contributed by atoms with Gasteiger partial charge in [-0.2, -0.15) is 0 Å². The fourth-order valence-electron chi connectivity index (χ4n) is 4.79. The molecule has 3 aromatic heterocycles. The Morgan fingerprint density at radius 2 is 1.93 bits per heavy atom. The molecule has 4 heterocycles. The van der Waals surface area contributed by atoms with Crippen molar-refractivity contribution in [1.82, 2.24) is 28.7 Å². The Morgan fingerprint density at radius 1 is 1.20 bits per heavy atom. The fraction of sp³-hybridized carbons (Fsp3) is 0.370. The second kappa shape index (κ2) is 10.8. The molecule has 13 heteroatoms. The van der Waals surface area contributed by atoms with Crippen LogP contribution in [0.2, 0.25) is 0 Å². The highest BCUT2D eigenvalue weighted by Crippen LogP contribution is 2.31. The SMILES string of the molecule is C[C@H]1CN(C(=O)Cn2ccn3c(=O)c(O)c(-c4ncc(Cc5ccc(F)cc5C(=O)N(C)C)s4)nc23)C[C@H](C)O1. The molecule has 1 aliphatic rings. The van der Waals surface area contributed by atoms with E-state index in [0.29, 0.717) is 23.7 Å². The third-order valence-electron chi connectivity index (χ3n) is 6.63. The summed E-state index contributed by atoms with van der Waals surface area (Å²) in [6.07, 6.45) is 4.73. The number of hydrogen-bond acceptors (Lipinski definition) is 8. The van der Waals surface area contributed by atoms with Gasteiger partial charge in [-0.15, -0.1) is 11.3 Å². The highest BCUT2D eigenvalue weighted by Gasteiger charge is 2.27. The number of hydrogen-bond donors (Lipinski definition) is 1. The van der Waals surface area contributed by atoms with Crippen LogP contribution in [0.1, 0.15) is 34.6 Å². The topological polar surface area (TPSA) is 122 Å². The molecule has 1 fully saturated rings. The van der Waals surface area contributed by atoms with Gasteiger partial charge < -0.3 is 24.2 Å². The highest BCUT2D eigenvalue weighted by atomic mass is 32.1. The summed E-state index contributed by atoms with van der Waals surface area (Å²) in [5.41, 5.74) is 0.161. The molecule has 210 valence electrons. The number of rotatable bonds is 6. The van der Waals surface area contributed by atoms with Gasteiger partial charge in [0.15, 0.2) is 5.69 Å². The number of carbonyl (C=O) groups excluding carboxylic acids is 2. The third-order valence-corrected chi connectivity index (χ3v) is 7.64. The fourth-order valence-corrected chi connectivity index (χ4v) is 5.72. The van der Waals surface area contributed by atoms with Gasteiger partial charge in [-0.05, 0) is 31.5 Å². The number of halogens is 1. The molecule has 0 bridgehead atoms. The number of carbonyl (C=O) groups is 2. The van der Waals surface area contributed by atoms with Crippen molar-refractivity contribution >= 4 is 28.9 Å². The van der Waals surface area contributed by atoms with E-state index in [9.17, 15) is 23.9 Å². The van der Waals surface area contributed by atoms with Crippen LogP contribution in [0.25, 0.3) is 16.5 Å². The molecule has 4 aromatic rings. The van der Waals surface area contributed by atoms with Crippen LogP contribution >= 0.6 is 11.3 Å². The standard InChI is InChI=1S/C27H29FN6O5S/c1-15-12-33(13-16(2)39-15)21(35)14-32-7-8-34-26(38)23(36)22(30-27(32)34)24-29-11-19(40-24)9-17-5-6-18(28)10-20(17)25(37)31(3)4/h5-8,10-11,15-16,36H,9,12-14H2,1-4H3/t15-,16-/m0/s1. The van der Waals surface area contributed by atoms with Crippen molar-refractivity contribution < 1.29 is 23.8 Å². The van der Waals surface area contributed by atoms with Crippen LogP contribution in [0.15, 0.2) is 41.6 Å². The predicted octanol–water partition coefficient (Wildman–Crippen LogP) is 2.39. The molecule has 0 spiro atoms. The van der Waals surface area contributed by atoms with E-state index in [1.807, 2.05) is 13.8 Å². The van der Waals surface area contributed by atoms with E-state index in [1.165, 1.54) is 39.0 Å². The van der Waals surface area contributed by atoms with E-state index in [4.69, 9.17) is 4.74 Å². The van der Waals surface area contributed by atoms with Crippen LogP contribution in [0.5, 0.6) is 5.75 Å². The van der Waals surface area contributed by atoms with Crippen LogP contribution in [-0.4, -0.2) is 85.0 Å². The summed E-state index contributed by atoms with van der Waals surface area (Å²) in [6, 6.07) is 4.05. The van der Waals surface area contributed by atoms with E-state index in [-0.39, 0.29) is 54.0 Å². The summed E-state index contributed by atoms with van der Waals surface area (Å²) >= 11 is 1.19. The Kier molecular flexibility index (Phi) is 7.43. The summed E-state index contributed by atoms with van der Waals surface area (Å²) < 4.78 is 22.3. The van der Waals surface area contributed by atoms with Gasteiger partial charge in [0, 0.05) is 62.6 Å². The monoisotopic (exact) mass is 568 g/mol. The molecule has 11 nitrogen and oxygen atoms in total. The predicted molar refractivity (Wildman–Crippen MR) is 146 cm³/mol. The van der Waals surface area contributed by atoms with Gasteiger partial charge in [0.05, 0.1) is 12.2 Å². The second-order valence-corrected chi connectivity index (χ2v) is 11.2. The number of morpholine rings is 1. The van der Waals surface area contributed by atoms with Crippen molar-refractivity contribution in [2.45, 2.75) is 39.0 Å². The first-order valence-corrected chi connectivity index (χ1v) is 13.5. The Morgan fingerprint density at radius 3 is 2.62 bits per heavy atom. The van der Waals surface area contributed by atoms with E-state index in [1.54, 1.807) is 42.0 Å². The molecule has 0 aliphatic carbocycles. The van der Waals surface area contributed by atoms with Gasteiger partial charge in [-0.25, -0.2) is 18.8 Å². The van der Waals surface area contributed by atoms with E-state index in [2.05, 4.69) is 9.97 Å². The maximum Gasteiger partial charge on any atom is 0.302 e. The molecule has 0 radical (unpaired) electrons. The van der Waals surface area contributed by atoms with Crippen LogP contribution in [-0.2, 0) is 22.5 Å². The summed E-state index contributed by atoms with van der Waals surface area (Å²) in [5, 5.41) is 11.0. The van der Waals surface area contributed by atoms with E-state index >= 15 is 0 Å². The molecule has 1 aromatic carbocycles. The molecule has 2 amide bonds. The van der Waals surface area contributed by atoms with Crippen LogP contribution < -0.4 is 5.56 Å². The second-order valence-electron chi connectivity index (χ2n) is 10.1. The number of nitrogens with zero attached hydrogens (tertiary/aromatic N) is 6. The van der Waals surface area contributed by atoms with E-state index < -0.39 is 17.1 Å². The van der Waals surface area contributed by atoms with Crippen molar-refractivity contribution in [3.8, 4) is 16.5 Å². The molecule has 1 saturated heterocycles. The smallest absolute Gasteiger partial charge is 0.302 e. The lowest BCUT2D eigenvalue weighted by Gasteiger charge is -2.35. The van der Waals surface area contributed by atoms with Gasteiger partial charge in [0.25, 0.3) is 5.91 Å². The maximum absolute atomic E-state index is 13.9. The Labute approximate surface area is 233 Å². The molecular formula is C27H29FN6O5S. The molecule has 0 saturated carbocycles. The van der Waals surface area contributed by atoms with Gasteiger partial charge in [-0.1, -0.05) is 6.07 Å². The van der Waals surface area contributed by atoms with Crippen molar-refractivity contribution in [2.24, 2.45) is 0 Å². The number of thiazole rings is 1. The van der Waals surface area contributed by atoms with Crippen molar-refractivity contribution in [1.29, 1.82) is 0 Å². The van der Waals surface area contributed by atoms with E-state index in [0.717, 1.165) is 4.88 Å². The quantitative estimate of drug-likeness (QED) is 0.379. The lowest BCUT2D eigenvalue weighted by molar-refractivity contribution is -0.143. The molecule has 2 atom stereocenters. The first-order valence-electron chi connectivity index (χ1n) is 12.7. The van der Waals surface area contributed by atoms with Gasteiger partial charge >= 0.3 is 5.56 Å². The number of aromatic hydroxyl groups is 1. The first kappa shape index (κ1) is 27.5. The molecular weight excluding hydrogens is 539 g/mol. The average Bonchev–Trinajstić information content (AvgIpc) is 3.53. The molecule has 0 unspecified atom stereocenters. The molecule has 1 aliphatic heterocycles. The van der Waals surface area contributed by atoms with Gasteiger partial charge in [0.1, 0.15) is 17.4 Å². The number of fused-ring (bicyclic) bond motifs is 1. The van der Waals surface area contributed by atoms with Crippen LogP contribution in [0.4, 0.5) is 4.39 Å². The Bertz CT molecular complexity index is 1650. The molecule has 5 rings (SSSR count). The lowest BCUT2D eigenvalue weighted by atomic mass is 10.0. The molecule has 1 N–H and O–H groups in total. The largest absolute Gasteiger partial charge is 0.501 e. The Hall–Kier alpha value is -4.10. The highest BCUT2D eigenvalue weighted by molar-refractivity contribution is 7.15. The zero-order valence-corrected chi connectivity index (χ0v) is 23.3. The normalized spacial score (nSPS) is 17.4. The number of benzene rings is 1.